The lowest BCUT2D eigenvalue weighted by Gasteiger charge is -2.51. The molecular weight excluding hydrogens is 580 g/mol. The lowest BCUT2D eigenvalue weighted by atomic mass is 9.97. The molecule has 0 saturated carbocycles. The molecule has 3 aromatic carbocycles. The molecule has 2 amide bonds. The maximum absolute atomic E-state index is 14.0. The van der Waals surface area contributed by atoms with Gasteiger partial charge in [-0.1, -0.05) is 91.0 Å². The second-order valence-electron chi connectivity index (χ2n) is 10.2. The van der Waals surface area contributed by atoms with E-state index in [9.17, 15) is 19.2 Å². The Morgan fingerprint density at radius 2 is 1.55 bits per heavy atom. The standard InChI is InChI=1S/C33H28N4O6S/c38-26(18-22-10-4-1-5-11-22)35-27-30(39)37-28(25(20-44-31(27)37)19-42-33(41)36-17-16-34-21-36)32(40)43-29(23-12-6-2-7-13-23)24-14-8-3-9-15-24/h1-17,20-21,27-29,31H,18-19H2,(H,35,38)/t27?,28?,31-/m0/s1. The number of benzene rings is 3. The monoisotopic (exact) mass is 608 g/mol. The van der Waals surface area contributed by atoms with Gasteiger partial charge in [0.15, 0.2) is 12.1 Å². The summed E-state index contributed by atoms with van der Waals surface area (Å²) in [7, 11) is 0. The van der Waals surface area contributed by atoms with Gasteiger partial charge in [0.05, 0.1) is 6.42 Å². The van der Waals surface area contributed by atoms with Crippen molar-refractivity contribution in [3.8, 4) is 0 Å². The molecule has 1 fully saturated rings. The molecule has 3 atom stereocenters. The number of aromatic nitrogens is 2. The van der Waals surface area contributed by atoms with Crippen LogP contribution in [-0.4, -0.2) is 62.4 Å². The molecular formula is C33H28N4O6S. The number of nitrogens with zero attached hydrogens (tertiary/aromatic N) is 3. The number of esters is 1. The van der Waals surface area contributed by atoms with Crippen molar-refractivity contribution < 1.29 is 28.7 Å². The molecule has 0 spiro atoms. The van der Waals surface area contributed by atoms with Crippen LogP contribution in [0.3, 0.4) is 0 Å². The Hall–Kier alpha value is -5.16. The number of β-lactam (4-membered cyclic amide) rings is 1. The van der Waals surface area contributed by atoms with Crippen LogP contribution >= 0.6 is 11.8 Å². The molecule has 0 bridgehead atoms. The fourth-order valence-electron chi connectivity index (χ4n) is 5.17. The number of nitrogens with one attached hydrogen (secondary N) is 1. The number of carbonyl (C=O) groups is 4. The third-order valence-corrected chi connectivity index (χ3v) is 8.55. The minimum absolute atomic E-state index is 0.120. The fourth-order valence-corrected chi connectivity index (χ4v) is 6.38. The topological polar surface area (TPSA) is 120 Å². The molecule has 2 aliphatic rings. The number of amides is 2. The van der Waals surface area contributed by atoms with E-state index in [-0.39, 0.29) is 18.9 Å². The zero-order chi connectivity index (χ0) is 30.5. The summed E-state index contributed by atoms with van der Waals surface area (Å²) in [6.45, 7) is -0.257. The molecule has 2 aliphatic heterocycles. The first-order chi connectivity index (χ1) is 21.5. The zero-order valence-electron chi connectivity index (χ0n) is 23.4. The van der Waals surface area contributed by atoms with Crippen LogP contribution < -0.4 is 5.32 Å². The summed E-state index contributed by atoms with van der Waals surface area (Å²) in [5.41, 5.74) is 2.71. The lowest BCUT2D eigenvalue weighted by Crippen LogP contribution is -2.74. The molecule has 222 valence electrons. The third kappa shape index (κ3) is 6.13. The summed E-state index contributed by atoms with van der Waals surface area (Å²) in [5.74, 6) is -1.40. The third-order valence-electron chi connectivity index (χ3n) is 7.33. The van der Waals surface area contributed by atoms with E-state index in [1.165, 1.54) is 39.9 Å². The molecule has 6 rings (SSSR count). The van der Waals surface area contributed by atoms with Gasteiger partial charge in [-0.3, -0.25) is 9.59 Å². The Balaban J connectivity index is 1.24. The summed E-state index contributed by atoms with van der Waals surface area (Å²) in [4.78, 5) is 58.2. The first-order valence-corrected chi connectivity index (χ1v) is 14.9. The van der Waals surface area contributed by atoms with Gasteiger partial charge < -0.3 is 19.7 Å². The van der Waals surface area contributed by atoms with Crippen LogP contribution in [0.2, 0.25) is 0 Å². The largest absolute Gasteiger partial charge is 0.451 e. The van der Waals surface area contributed by atoms with Crippen molar-refractivity contribution in [3.63, 3.8) is 0 Å². The molecule has 2 unspecified atom stereocenters. The molecule has 44 heavy (non-hydrogen) atoms. The number of thioether (sulfide) groups is 1. The van der Waals surface area contributed by atoms with Gasteiger partial charge >= 0.3 is 12.1 Å². The number of rotatable bonds is 9. The van der Waals surface area contributed by atoms with Crippen LogP contribution in [0.4, 0.5) is 4.79 Å². The number of carbonyl (C=O) groups excluding carboxylic acids is 4. The first-order valence-electron chi connectivity index (χ1n) is 13.9. The zero-order valence-corrected chi connectivity index (χ0v) is 24.2. The van der Waals surface area contributed by atoms with E-state index in [1.54, 1.807) is 5.41 Å². The molecule has 1 saturated heterocycles. The summed E-state index contributed by atoms with van der Waals surface area (Å²) < 4.78 is 12.8. The van der Waals surface area contributed by atoms with E-state index < -0.39 is 41.5 Å². The number of hydrogen-bond donors (Lipinski definition) is 1. The Bertz CT molecular complexity index is 1620. The van der Waals surface area contributed by atoms with Gasteiger partial charge in [0.1, 0.15) is 24.3 Å². The van der Waals surface area contributed by atoms with Crippen molar-refractivity contribution >= 4 is 35.6 Å². The smallest absolute Gasteiger partial charge is 0.419 e. The highest BCUT2D eigenvalue weighted by molar-refractivity contribution is 8.03. The summed E-state index contributed by atoms with van der Waals surface area (Å²) in [6, 6.07) is 25.9. The van der Waals surface area contributed by atoms with Crippen molar-refractivity contribution in [2.75, 3.05) is 6.61 Å². The molecule has 10 nitrogen and oxygen atoms in total. The normalized spacial score (nSPS) is 18.9. The van der Waals surface area contributed by atoms with Crippen LogP contribution in [0.5, 0.6) is 0 Å². The number of imidazole rings is 1. The van der Waals surface area contributed by atoms with Gasteiger partial charge in [-0.2, -0.15) is 0 Å². The van der Waals surface area contributed by atoms with Crippen LogP contribution in [0.25, 0.3) is 0 Å². The predicted octanol–water partition coefficient (Wildman–Crippen LogP) is 4.10. The molecule has 11 heteroatoms. The summed E-state index contributed by atoms with van der Waals surface area (Å²) in [5, 5.41) is 3.98. The Labute approximate surface area is 257 Å². The fraction of sp³-hybridized carbons (Fsp3) is 0.182. The van der Waals surface area contributed by atoms with E-state index in [2.05, 4.69) is 10.3 Å². The van der Waals surface area contributed by atoms with Gasteiger partial charge in [-0.15, -0.1) is 11.8 Å². The van der Waals surface area contributed by atoms with Crippen LogP contribution in [0.15, 0.2) is 121 Å². The predicted molar refractivity (Wildman–Crippen MR) is 162 cm³/mol. The van der Waals surface area contributed by atoms with Crippen molar-refractivity contribution in [1.82, 2.24) is 19.8 Å². The lowest BCUT2D eigenvalue weighted by molar-refractivity contribution is -0.165. The first kappa shape index (κ1) is 28.9. The SMILES string of the molecule is O=C(Cc1ccccc1)NC1C(=O)N2C(C(=O)OC(c3ccccc3)c3ccccc3)C(COC(=O)n3ccnc3)=CS[C@@H]12. The quantitative estimate of drug-likeness (QED) is 0.223. The van der Waals surface area contributed by atoms with Gasteiger partial charge in [0.25, 0.3) is 0 Å². The van der Waals surface area contributed by atoms with Crippen molar-refractivity contribution in [2.45, 2.75) is 30.0 Å². The maximum atomic E-state index is 14.0. The highest BCUT2D eigenvalue weighted by atomic mass is 32.2. The van der Waals surface area contributed by atoms with Gasteiger partial charge in [0.2, 0.25) is 11.8 Å². The van der Waals surface area contributed by atoms with E-state index >= 15 is 0 Å². The van der Waals surface area contributed by atoms with Gasteiger partial charge in [-0.25, -0.2) is 19.1 Å². The van der Waals surface area contributed by atoms with Crippen molar-refractivity contribution in [2.24, 2.45) is 0 Å². The average Bonchev–Trinajstić information content (AvgIpc) is 3.61. The Kier molecular flexibility index (Phi) is 8.55. The van der Waals surface area contributed by atoms with Gasteiger partial charge in [0, 0.05) is 18.0 Å². The number of hydrogen-bond acceptors (Lipinski definition) is 8. The van der Waals surface area contributed by atoms with E-state index in [0.29, 0.717) is 5.57 Å². The van der Waals surface area contributed by atoms with Crippen molar-refractivity contribution in [3.05, 3.63) is 137 Å². The highest BCUT2D eigenvalue weighted by Crippen LogP contribution is 2.41. The van der Waals surface area contributed by atoms with Crippen LogP contribution in [0, 0.1) is 0 Å². The summed E-state index contributed by atoms with van der Waals surface area (Å²) >= 11 is 1.27. The number of fused-ring (bicyclic) bond motifs is 1. The van der Waals surface area contributed by atoms with Gasteiger partial charge in [-0.05, 0) is 22.1 Å². The highest BCUT2D eigenvalue weighted by Gasteiger charge is 2.56. The minimum Gasteiger partial charge on any atom is -0.451 e. The average molecular weight is 609 g/mol. The molecule has 3 heterocycles. The molecule has 4 aromatic rings. The van der Waals surface area contributed by atoms with E-state index in [1.807, 2.05) is 91.0 Å². The van der Waals surface area contributed by atoms with Crippen molar-refractivity contribution in [1.29, 1.82) is 0 Å². The minimum atomic E-state index is -1.17. The molecule has 0 radical (unpaired) electrons. The maximum Gasteiger partial charge on any atom is 0.419 e. The Morgan fingerprint density at radius 1 is 0.909 bits per heavy atom. The molecule has 0 aliphatic carbocycles. The van der Waals surface area contributed by atoms with E-state index in [0.717, 1.165) is 16.7 Å². The van der Waals surface area contributed by atoms with Crippen LogP contribution in [-0.2, 0) is 30.3 Å². The van der Waals surface area contributed by atoms with E-state index in [4.69, 9.17) is 9.47 Å². The second kappa shape index (κ2) is 13.0. The molecule has 1 aromatic heterocycles. The Morgan fingerprint density at radius 3 is 2.16 bits per heavy atom. The molecule has 1 N–H and O–H groups in total. The second-order valence-corrected chi connectivity index (χ2v) is 11.2. The van der Waals surface area contributed by atoms with Crippen LogP contribution in [0.1, 0.15) is 22.8 Å². The number of ether oxygens (including phenoxy) is 2. The summed E-state index contributed by atoms with van der Waals surface area (Å²) in [6.07, 6.45) is 2.88.